The van der Waals surface area contributed by atoms with Crippen LogP contribution < -0.4 is 15.0 Å². The van der Waals surface area contributed by atoms with Gasteiger partial charge in [-0.3, -0.25) is 4.79 Å². The molecule has 246 valence electrons. The molecule has 1 aliphatic rings. The van der Waals surface area contributed by atoms with Gasteiger partial charge in [-0.1, -0.05) is 19.1 Å². The lowest BCUT2D eigenvalue weighted by Crippen LogP contribution is -2.34. The number of alkyl halides is 5. The summed E-state index contributed by atoms with van der Waals surface area (Å²) in [7, 11) is -3.41. The van der Waals surface area contributed by atoms with Gasteiger partial charge in [-0.15, -0.1) is 0 Å². The number of hydrogen-bond donors (Lipinski definition) is 1. The highest BCUT2D eigenvalue weighted by Gasteiger charge is 2.35. The van der Waals surface area contributed by atoms with Crippen LogP contribution in [0.5, 0.6) is 5.75 Å². The highest BCUT2D eigenvalue weighted by atomic mass is 32.2. The summed E-state index contributed by atoms with van der Waals surface area (Å²) in [5.74, 6) is -0.295. The van der Waals surface area contributed by atoms with Crippen LogP contribution in [0.1, 0.15) is 53.7 Å². The molecule has 4 rings (SSSR count). The molecule has 8 nitrogen and oxygen atoms in total. The molecular formula is C32H32F5N3O5S. The Morgan fingerprint density at radius 1 is 1.04 bits per heavy atom. The lowest BCUT2D eigenvalue weighted by Gasteiger charge is -2.26. The zero-order valence-corrected chi connectivity index (χ0v) is 25.5. The SMILES string of the molecule is CCS(=O)(=O)c1ccc([C@H](CCC#N)NC(=O)c2ccc(N3C[C@@H](Oc4ccc(C(F)(F)F)cc4)C[C@H]3COC(F)F)cc2)cc1. The molecule has 0 saturated carbocycles. The Morgan fingerprint density at radius 2 is 1.70 bits per heavy atom. The third-order valence-corrected chi connectivity index (χ3v) is 9.36. The minimum absolute atomic E-state index is 0.0544. The normalized spacial score (nSPS) is 17.5. The van der Waals surface area contributed by atoms with Crippen LogP contribution >= 0.6 is 0 Å². The Labute approximate surface area is 263 Å². The molecule has 3 aromatic carbocycles. The van der Waals surface area contributed by atoms with Crippen LogP contribution in [-0.4, -0.2) is 52.0 Å². The summed E-state index contributed by atoms with van der Waals surface area (Å²) in [6.07, 6.45) is -4.34. The highest BCUT2D eigenvalue weighted by Crippen LogP contribution is 2.33. The third-order valence-electron chi connectivity index (χ3n) is 7.61. The topological polar surface area (TPSA) is 109 Å². The summed E-state index contributed by atoms with van der Waals surface area (Å²) in [4.78, 5) is 15.1. The van der Waals surface area contributed by atoms with Gasteiger partial charge in [0.25, 0.3) is 5.91 Å². The fourth-order valence-corrected chi connectivity index (χ4v) is 6.07. The van der Waals surface area contributed by atoms with Crippen molar-refractivity contribution in [2.24, 2.45) is 0 Å². The van der Waals surface area contributed by atoms with Crippen molar-refractivity contribution in [1.82, 2.24) is 5.32 Å². The minimum atomic E-state index is -4.49. The summed E-state index contributed by atoms with van der Waals surface area (Å²) in [6, 6.07) is 17.7. The largest absolute Gasteiger partial charge is 0.489 e. The number of nitrogens with zero attached hydrogens (tertiary/aromatic N) is 2. The minimum Gasteiger partial charge on any atom is -0.489 e. The number of ether oxygens (including phenoxy) is 2. The summed E-state index contributed by atoms with van der Waals surface area (Å²) < 4.78 is 99.3. The van der Waals surface area contributed by atoms with Gasteiger partial charge in [0.15, 0.2) is 9.84 Å². The number of sulfone groups is 1. The van der Waals surface area contributed by atoms with Gasteiger partial charge in [-0.25, -0.2) is 8.42 Å². The van der Waals surface area contributed by atoms with Crippen molar-refractivity contribution in [3.63, 3.8) is 0 Å². The van der Waals surface area contributed by atoms with Crippen LogP contribution in [0.3, 0.4) is 0 Å². The number of nitriles is 1. The van der Waals surface area contributed by atoms with Crippen LogP contribution in [-0.2, 0) is 20.8 Å². The Kier molecular flexibility index (Phi) is 11.2. The van der Waals surface area contributed by atoms with Crippen molar-refractivity contribution in [3.05, 3.63) is 89.5 Å². The highest BCUT2D eigenvalue weighted by molar-refractivity contribution is 7.91. The van der Waals surface area contributed by atoms with Gasteiger partial charge in [0.2, 0.25) is 0 Å². The average molecular weight is 666 g/mol. The van der Waals surface area contributed by atoms with E-state index in [-0.39, 0.29) is 48.0 Å². The predicted octanol–water partition coefficient (Wildman–Crippen LogP) is 6.54. The fraction of sp³-hybridized carbons (Fsp3) is 0.375. The Bertz CT molecular complexity index is 1610. The molecule has 3 atom stereocenters. The van der Waals surface area contributed by atoms with E-state index in [4.69, 9.17) is 10.00 Å². The van der Waals surface area contributed by atoms with Crippen LogP contribution in [0, 0.1) is 11.3 Å². The number of carbonyl (C=O) groups is 1. The molecule has 0 radical (unpaired) electrons. The zero-order valence-electron chi connectivity index (χ0n) is 24.7. The van der Waals surface area contributed by atoms with E-state index in [1.54, 1.807) is 48.2 Å². The fourth-order valence-electron chi connectivity index (χ4n) is 5.18. The second-order valence-corrected chi connectivity index (χ2v) is 12.9. The quantitative estimate of drug-likeness (QED) is 0.207. The van der Waals surface area contributed by atoms with Crippen molar-refractivity contribution in [3.8, 4) is 11.8 Å². The maximum atomic E-state index is 13.2. The molecule has 14 heteroatoms. The Morgan fingerprint density at radius 3 is 2.26 bits per heavy atom. The van der Waals surface area contributed by atoms with Crippen LogP contribution in [0.15, 0.2) is 77.7 Å². The first kappa shape index (κ1) is 34.6. The van der Waals surface area contributed by atoms with E-state index in [2.05, 4.69) is 10.1 Å². The van der Waals surface area contributed by atoms with Crippen LogP contribution in [0.2, 0.25) is 0 Å². The number of amides is 1. The third kappa shape index (κ3) is 8.95. The van der Waals surface area contributed by atoms with E-state index in [0.717, 1.165) is 12.1 Å². The van der Waals surface area contributed by atoms with E-state index in [1.807, 2.05) is 6.07 Å². The van der Waals surface area contributed by atoms with Gasteiger partial charge in [-0.2, -0.15) is 27.2 Å². The molecule has 0 spiro atoms. The summed E-state index contributed by atoms with van der Waals surface area (Å²) in [6.45, 7) is -1.56. The van der Waals surface area contributed by atoms with E-state index in [9.17, 15) is 35.2 Å². The molecule has 1 amide bonds. The first-order chi connectivity index (χ1) is 21.8. The molecule has 1 N–H and O–H groups in total. The Hall–Kier alpha value is -4.22. The Balaban J connectivity index is 1.46. The summed E-state index contributed by atoms with van der Waals surface area (Å²) in [5.41, 5.74) is 0.685. The molecule has 0 bridgehead atoms. The van der Waals surface area contributed by atoms with E-state index in [0.29, 0.717) is 17.7 Å². The molecule has 0 unspecified atom stereocenters. The van der Waals surface area contributed by atoms with Gasteiger partial charge in [0, 0.05) is 24.1 Å². The van der Waals surface area contributed by atoms with E-state index in [1.165, 1.54) is 24.3 Å². The molecule has 46 heavy (non-hydrogen) atoms. The molecule has 1 heterocycles. The molecule has 1 fully saturated rings. The number of benzene rings is 3. The van der Waals surface area contributed by atoms with E-state index < -0.39 is 52.3 Å². The van der Waals surface area contributed by atoms with Crippen molar-refractivity contribution >= 4 is 21.4 Å². The van der Waals surface area contributed by atoms with E-state index >= 15 is 0 Å². The lowest BCUT2D eigenvalue weighted by molar-refractivity contribution is -0.137. The van der Waals surface area contributed by atoms with Crippen LogP contribution in [0.4, 0.5) is 27.6 Å². The first-order valence-corrected chi connectivity index (χ1v) is 16.1. The molecule has 1 saturated heterocycles. The van der Waals surface area contributed by atoms with Crippen molar-refractivity contribution in [2.45, 2.75) is 62.1 Å². The average Bonchev–Trinajstić information content (AvgIpc) is 3.44. The molecule has 0 aliphatic carbocycles. The molecule has 0 aromatic heterocycles. The smallest absolute Gasteiger partial charge is 0.416 e. The molecular weight excluding hydrogens is 633 g/mol. The van der Waals surface area contributed by atoms with Crippen molar-refractivity contribution < 1.29 is 44.6 Å². The van der Waals surface area contributed by atoms with Crippen molar-refractivity contribution in [1.29, 1.82) is 5.26 Å². The summed E-state index contributed by atoms with van der Waals surface area (Å²) in [5, 5.41) is 12.0. The monoisotopic (exact) mass is 665 g/mol. The van der Waals surface area contributed by atoms with Gasteiger partial charge in [0.1, 0.15) is 11.9 Å². The van der Waals surface area contributed by atoms with Gasteiger partial charge >= 0.3 is 12.8 Å². The first-order valence-electron chi connectivity index (χ1n) is 14.4. The molecule has 1 aliphatic heterocycles. The lowest BCUT2D eigenvalue weighted by atomic mass is 10.0. The van der Waals surface area contributed by atoms with Gasteiger partial charge in [-0.05, 0) is 72.6 Å². The van der Waals surface area contributed by atoms with Crippen molar-refractivity contribution in [2.75, 3.05) is 23.8 Å². The van der Waals surface area contributed by atoms with Gasteiger partial charge in [0.05, 0.1) is 47.5 Å². The van der Waals surface area contributed by atoms with Gasteiger partial charge < -0.3 is 19.7 Å². The molecule has 3 aromatic rings. The number of rotatable bonds is 13. The van der Waals surface area contributed by atoms with Crippen LogP contribution in [0.25, 0.3) is 0 Å². The predicted molar refractivity (Wildman–Crippen MR) is 159 cm³/mol. The standard InChI is InChI=1S/C32H32F5N3O5S/c1-2-46(42,43)28-15-7-21(8-16-28)29(4-3-17-38)39-30(41)22-5-11-24(12-6-22)40-19-27(18-25(40)20-44-31(33)34)45-26-13-9-23(10-14-26)32(35,36)37/h5-16,25,27,29,31H,2-4,18-20H2,1H3,(H,39,41)/t25-,27-,29-/m0/s1. The number of hydrogen-bond acceptors (Lipinski definition) is 7. The number of halogens is 5. The second kappa shape index (κ2) is 14.9. The zero-order chi connectivity index (χ0) is 33.5. The maximum Gasteiger partial charge on any atom is 0.416 e. The number of anilines is 1. The second-order valence-electron chi connectivity index (χ2n) is 10.6. The summed E-state index contributed by atoms with van der Waals surface area (Å²) >= 11 is 0. The number of nitrogens with one attached hydrogen (secondary N) is 1. The number of carbonyl (C=O) groups excluding carboxylic acids is 1. The maximum absolute atomic E-state index is 13.2.